The Hall–Kier alpha value is -2.10. The largest absolute Gasteiger partial charge is 0.508 e. The van der Waals surface area contributed by atoms with Gasteiger partial charge in [-0.15, -0.1) is 24.0 Å². The third-order valence-corrected chi connectivity index (χ3v) is 3.84. The number of phenols is 1. The van der Waals surface area contributed by atoms with Gasteiger partial charge in [-0.25, -0.2) is 0 Å². The fourth-order valence-corrected chi connectivity index (χ4v) is 2.60. The molecule has 0 spiro atoms. The summed E-state index contributed by atoms with van der Waals surface area (Å²) in [4.78, 5) is 6.58. The van der Waals surface area contributed by atoms with Gasteiger partial charge in [0.05, 0.1) is 0 Å². The zero-order valence-electron chi connectivity index (χ0n) is 15.9. The quantitative estimate of drug-likeness (QED) is 0.320. The number of ether oxygens (including phenoxy) is 1. The maximum atomic E-state index is 12.2. The number of halogens is 3. The predicted molar refractivity (Wildman–Crippen MR) is 118 cm³/mol. The molecule has 2 aromatic carbocycles. The first-order chi connectivity index (χ1) is 13.0. The SMILES string of the molecule is CCNC(=NCCc1cccc(O)c1)N(C)Cc1ccc(OC(F)F)cc1.I. The van der Waals surface area contributed by atoms with Crippen molar-refractivity contribution >= 4 is 29.9 Å². The van der Waals surface area contributed by atoms with Crippen LogP contribution in [0.25, 0.3) is 0 Å². The summed E-state index contributed by atoms with van der Waals surface area (Å²) >= 11 is 0. The van der Waals surface area contributed by atoms with E-state index < -0.39 is 6.61 Å². The summed E-state index contributed by atoms with van der Waals surface area (Å²) in [5, 5.41) is 12.8. The molecule has 2 N–H and O–H groups in total. The van der Waals surface area contributed by atoms with Crippen LogP contribution in [0.5, 0.6) is 11.5 Å². The first-order valence-corrected chi connectivity index (χ1v) is 8.79. The summed E-state index contributed by atoms with van der Waals surface area (Å²) in [6.45, 7) is 1.06. The Balaban J connectivity index is 0.00000392. The maximum absolute atomic E-state index is 12.2. The summed E-state index contributed by atoms with van der Waals surface area (Å²) in [7, 11) is 1.92. The first-order valence-electron chi connectivity index (χ1n) is 8.79. The average Bonchev–Trinajstić information content (AvgIpc) is 2.62. The number of rotatable bonds is 8. The molecule has 0 fully saturated rings. The topological polar surface area (TPSA) is 57.1 Å². The number of hydrogen-bond donors (Lipinski definition) is 2. The molecule has 0 saturated carbocycles. The van der Waals surface area contributed by atoms with E-state index in [9.17, 15) is 13.9 Å². The van der Waals surface area contributed by atoms with Gasteiger partial charge in [-0.2, -0.15) is 8.78 Å². The molecule has 0 radical (unpaired) electrons. The average molecular weight is 505 g/mol. The summed E-state index contributed by atoms with van der Waals surface area (Å²) in [6, 6.07) is 13.7. The fourth-order valence-electron chi connectivity index (χ4n) is 2.60. The molecular formula is C20H26F2IN3O2. The second kappa shape index (κ2) is 12.4. The number of aromatic hydroxyl groups is 1. The zero-order chi connectivity index (χ0) is 19.6. The Kier molecular flexibility index (Phi) is 10.6. The molecule has 0 bridgehead atoms. The van der Waals surface area contributed by atoms with Gasteiger partial charge < -0.3 is 20.1 Å². The lowest BCUT2D eigenvalue weighted by molar-refractivity contribution is -0.0498. The van der Waals surface area contributed by atoms with Crippen molar-refractivity contribution in [2.24, 2.45) is 4.99 Å². The Bertz CT molecular complexity index is 742. The molecule has 0 atom stereocenters. The minimum atomic E-state index is -2.82. The van der Waals surface area contributed by atoms with Crippen LogP contribution in [0, 0.1) is 0 Å². The van der Waals surface area contributed by atoms with Crippen molar-refractivity contribution in [1.29, 1.82) is 0 Å². The number of nitrogens with one attached hydrogen (secondary N) is 1. The van der Waals surface area contributed by atoms with E-state index >= 15 is 0 Å². The van der Waals surface area contributed by atoms with Crippen LogP contribution in [-0.4, -0.2) is 42.7 Å². The Morgan fingerprint density at radius 1 is 1.18 bits per heavy atom. The third kappa shape index (κ3) is 8.28. The van der Waals surface area contributed by atoms with E-state index in [0.29, 0.717) is 13.1 Å². The van der Waals surface area contributed by atoms with E-state index in [0.717, 1.165) is 30.1 Å². The Morgan fingerprint density at radius 3 is 2.50 bits per heavy atom. The maximum Gasteiger partial charge on any atom is 0.387 e. The normalized spacial score (nSPS) is 11.1. The second-order valence-electron chi connectivity index (χ2n) is 6.03. The number of nitrogens with zero attached hydrogens (tertiary/aromatic N) is 2. The third-order valence-electron chi connectivity index (χ3n) is 3.84. The highest BCUT2D eigenvalue weighted by Gasteiger charge is 2.08. The molecular weight excluding hydrogens is 479 g/mol. The van der Waals surface area contributed by atoms with Crippen molar-refractivity contribution in [3.63, 3.8) is 0 Å². The van der Waals surface area contributed by atoms with Crippen molar-refractivity contribution in [3.8, 4) is 11.5 Å². The Morgan fingerprint density at radius 2 is 1.89 bits per heavy atom. The van der Waals surface area contributed by atoms with Crippen LogP contribution in [0.1, 0.15) is 18.1 Å². The minimum Gasteiger partial charge on any atom is -0.508 e. The van der Waals surface area contributed by atoms with E-state index in [1.807, 2.05) is 31.0 Å². The molecule has 28 heavy (non-hydrogen) atoms. The highest BCUT2D eigenvalue weighted by atomic mass is 127. The molecule has 0 saturated heterocycles. The first kappa shape index (κ1) is 23.9. The van der Waals surface area contributed by atoms with Gasteiger partial charge in [-0.05, 0) is 48.7 Å². The van der Waals surface area contributed by atoms with Gasteiger partial charge in [0, 0.05) is 26.7 Å². The van der Waals surface area contributed by atoms with E-state index in [1.165, 1.54) is 12.1 Å². The van der Waals surface area contributed by atoms with E-state index in [2.05, 4.69) is 15.0 Å². The monoisotopic (exact) mass is 505 g/mol. The number of aliphatic imine (C=N–C) groups is 1. The van der Waals surface area contributed by atoms with Crippen molar-refractivity contribution < 1.29 is 18.6 Å². The van der Waals surface area contributed by atoms with Crippen LogP contribution < -0.4 is 10.1 Å². The van der Waals surface area contributed by atoms with Crippen LogP contribution in [0.15, 0.2) is 53.5 Å². The standard InChI is InChI=1S/C20H25F2N3O2.HI/c1-3-23-20(24-12-11-15-5-4-6-17(26)13-15)25(2)14-16-7-9-18(10-8-16)27-19(21)22;/h4-10,13,19,26H,3,11-12,14H2,1-2H3,(H,23,24);1H. The highest BCUT2D eigenvalue weighted by molar-refractivity contribution is 14.0. The van der Waals surface area contributed by atoms with Gasteiger partial charge in [0.1, 0.15) is 11.5 Å². The molecule has 0 aliphatic carbocycles. The molecule has 2 aromatic rings. The lowest BCUT2D eigenvalue weighted by atomic mass is 10.1. The molecule has 0 aliphatic rings. The van der Waals surface area contributed by atoms with Crippen molar-refractivity contribution in [2.75, 3.05) is 20.1 Å². The van der Waals surface area contributed by atoms with Crippen molar-refractivity contribution in [3.05, 3.63) is 59.7 Å². The van der Waals surface area contributed by atoms with Gasteiger partial charge >= 0.3 is 6.61 Å². The van der Waals surface area contributed by atoms with Crippen LogP contribution in [0.2, 0.25) is 0 Å². The van der Waals surface area contributed by atoms with Crippen LogP contribution >= 0.6 is 24.0 Å². The summed E-state index contributed by atoms with van der Waals surface area (Å²) in [5.41, 5.74) is 1.98. The zero-order valence-corrected chi connectivity index (χ0v) is 18.3. The van der Waals surface area contributed by atoms with Crippen molar-refractivity contribution in [1.82, 2.24) is 10.2 Å². The van der Waals surface area contributed by atoms with Crippen LogP contribution in [0.3, 0.4) is 0 Å². The van der Waals surface area contributed by atoms with E-state index in [4.69, 9.17) is 0 Å². The minimum absolute atomic E-state index is 0. The fraction of sp³-hybridized carbons (Fsp3) is 0.350. The van der Waals surface area contributed by atoms with E-state index in [1.54, 1.807) is 24.3 Å². The summed E-state index contributed by atoms with van der Waals surface area (Å²) in [6.07, 6.45) is 0.719. The second-order valence-corrected chi connectivity index (χ2v) is 6.03. The number of hydrogen-bond acceptors (Lipinski definition) is 3. The smallest absolute Gasteiger partial charge is 0.387 e. The van der Waals surface area contributed by atoms with E-state index in [-0.39, 0.29) is 35.5 Å². The number of guanidine groups is 1. The molecule has 154 valence electrons. The Labute approximate surface area is 181 Å². The van der Waals surface area contributed by atoms with Gasteiger partial charge in [0.25, 0.3) is 0 Å². The summed E-state index contributed by atoms with van der Waals surface area (Å²) < 4.78 is 28.8. The molecule has 0 unspecified atom stereocenters. The molecule has 5 nitrogen and oxygen atoms in total. The lowest BCUT2D eigenvalue weighted by Crippen LogP contribution is -2.38. The van der Waals surface area contributed by atoms with Crippen LogP contribution in [0.4, 0.5) is 8.78 Å². The number of phenolic OH excluding ortho intramolecular Hbond substituents is 1. The van der Waals surface area contributed by atoms with Gasteiger partial charge in [0.15, 0.2) is 5.96 Å². The number of alkyl halides is 2. The molecule has 8 heteroatoms. The molecule has 0 aliphatic heterocycles. The van der Waals surface area contributed by atoms with Crippen molar-refractivity contribution in [2.45, 2.75) is 26.5 Å². The molecule has 2 rings (SSSR count). The number of benzene rings is 2. The van der Waals surface area contributed by atoms with Gasteiger partial charge in [-0.3, -0.25) is 4.99 Å². The molecule has 0 heterocycles. The summed E-state index contributed by atoms with van der Waals surface area (Å²) in [5.74, 6) is 1.15. The molecule has 0 aromatic heterocycles. The van der Waals surface area contributed by atoms with Crippen LogP contribution in [-0.2, 0) is 13.0 Å². The highest BCUT2D eigenvalue weighted by Crippen LogP contribution is 2.16. The molecule has 0 amide bonds. The predicted octanol–water partition coefficient (Wildman–Crippen LogP) is 4.25. The van der Waals surface area contributed by atoms with Gasteiger partial charge in [-0.1, -0.05) is 24.3 Å². The van der Waals surface area contributed by atoms with Gasteiger partial charge in [0.2, 0.25) is 0 Å². The lowest BCUT2D eigenvalue weighted by Gasteiger charge is -2.22.